The molecule has 0 aliphatic heterocycles. The van der Waals surface area contributed by atoms with Gasteiger partial charge in [-0.1, -0.05) is 25.4 Å². The summed E-state index contributed by atoms with van der Waals surface area (Å²) >= 11 is 7.33. The van der Waals surface area contributed by atoms with E-state index in [0.29, 0.717) is 17.3 Å². The van der Waals surface area contributed by atoms with Gasteiger partial charge in [-0.3, -0.25) is 19.1 Å². The number of nitrogens with one attached hydrogen (secondary N) is 1. The van der Waals surface area contributed by atoms with Gasteiger partial charge in [-0.05, 0) is 24.5 Å². The van der Waals surface area contributed by atoms with E-state index in [1.54, 1.807) is 6.07 Å². The Hall–Kier alpha value is -2.10. The predicted molar refractivity (Wildman–Crippen MR) is 112 cm³/mol. The second kappa shape index (κ2) is 9.90. The first-order valence-electron chi connectivity index (χ1n) is 8.90. The zero-order valence-electron chi connectivity index (χ0n) is 16.2. The summed E-state index contributed by atoms with van der Waals surface area (Å²) in [5.74, 6) is -0.176. The Balaban J connectivity index is 2.37. The van der Waals surface area contributed by atoms with Crippen LogP contribution < -0.4 is 21.9 Å². The van der Waals surface area contributed by atoms with E-state index in [0.717, 1.165) is 4.88 Å². The topological polar surface area (TPSA) is 110 Å². The molecule has 0 radical (unpaired) electrons. The van der Waals surface area contributed by atoms with Crippen LogP contribution in [0.4, 0.5) is 11.5 Å². The number of aromatic amines is 1. The van der Waals surface area contributed by atoms with E-state index in [9.17, 15) is 14.4 Å². The largest absolute Gasteiger partial charge is 0.383 e. The number of methoxy groups -OCH3 is 1. The van der Waals surface area contributed by atoms with Crippen molar-refractivity contribution in [2.24, 2.45) is 5.92 Å². The van der Waals surface area contributed by atoms with Gasteiger partial charge in [0.05, 0.1) is 10.9 Å². The molecule has 28 heavy (non-hydrogen) atoms. The fourth-order valence-electron chi connectivity index (χ4n) is 2.78. The number of aromatic nitrogens is 2. The van der Waals surface area contributed by atoms with Gasteiger partial charge >= 0.3 is 5.69 Å². The lowest BCUT2D eigenvalue weighted by Crippen LogP contribution is -2.43. The average molecular weight is 429 g/mol. The van der Waals surface area contributed by atoms with Gasteiger partial charge in [-0.25, -0.2) is 4.79 Å². The predicted octanol–water partition coefficient (Wildman–Crippen LogP) is 2.10. The average Bonchev–Trinajstić information content (AvgIpc) is 3.04. The molecule has 0 saturated carbocycles. The molecule has 0 saturated heterocycles. The molecule has 2 aromatic heterocycles. The van der Waals surface area contributed by atoms with Crippen molar-refractivity contribution in [3.05, 3.63) is 42.2 Å². The first-order valence-corrected chi connectivity index (χ1v) is 10.1. The third-order valence-electron chi connectivity index (χ3n) is 4.07. The molecule has 10 heteroatoms. The number of nitrogen functional groups attached to an aromatic ring is 1. The number of amides is 1. The molecule has 0 spiro atoms. The first-order chi connectivity index (χ1) is 13.2. The van der Waals surface area contributed by atoms with E-state index in [-0.39, 0.29) is 42.9 Å². The van der Waals surface area contributed by atoms with Crippen molar-refractivity contribution in [3.63, 3.8) is 0 Å². The van der Waals surface area contributed by atoms with Gasteiger partial charge in [-0.15, -0.1) is 11.3 Å². The van der Waals surface area contributed by atoms with Crippen molar-refractivity contribution in [1.29, 1.82) is 0 Å². The zero-order chi connectivity index (χ0) is 20.8. The molecular formula is C18H25ClN4O4S. The van der Waals surface area contributed by atoms with Crippen LogP contribution in [0.15, 0.2) is 21.7 Å². The number of carbonyl (C=O) groups is 1. The lowest BCUT2D eigenvalue weighted by Gasteiger charge is -2.24. The van der Waals surface area contributed by atoms with Crippen LogP contribution in [-0.2, 0) is 22.5 Å². The van der Waals surface area contributed by atoms with Crippen molar-refractivity contribution in [2.75, 3.05) is 30.9 Å². The number of hydrogen-bond acceptors (Lipinski definition) is 6. The number of rotatable bonds is 9. The third kappa shape index (κ3) is 5.46. The standard InChI is InChI=1S/C18H25ClN4O4S/c1-11(2)10-23-16(20)15(17(25)21-18(23)26)22(8-9-27-3)14(24)7-5-12-4-6-13(19)28-12/h4,6,11H,5,7-10,20H2,1-3H3,(H,21,25,26). The normalized spacial score (nSPS) is 11.2. The van der Waals surface area contributed by atoms with Gasteiger partial charge < -0.3 is 15.4 Å². The number of halogens is 1. The SMILES string of the molecule is COCCN(C(=O)CCc1ccc(Cl)s1)c1c(N)n(CC(C)C)c(=O)[nH]c1=O. The molecule has 2 rings (SSSR count). The quantitative estimate of drug-likeness (QED) is 0.635. The second-order valence-corrected chi connectivity index (χ2v) is 8.54. The molecule has 0 aliphatic rings. The molecular weight excluding hydrogens is 404 g/mol. The maximum absolute atomic E-state index is 12.9. The van der Waals surface area contributed by atoms with E-state index in [1.807, 2.05) is 19.9 Å². The molecule has 3 N–H and O–H groups in total. The molecule has 0 bridgehead atoms. The van der Waals surface area contributed by atoms with Gasteiger partial charge in [0.1, 0.15) is 5.82 Å². The van der Waals surface area contributed by atoms with Crippen LogP contribution in [0.25, 0.3) is 0 Å². The van der Waals surface area contributed by atoms with Crippen LogP contribution >= 0.6 is 22.9 Å². The Morgan fingerprint density at radius 1 is 1.39 bits per heavy atom. The molecule has 1 amide bonds. The number of thiophene rings is 1. The smallest absolute Gasteiger partial charge is 0.330 e. The van der Waals surface area contributed by atoms with Crippen molar-refractivity contribution >= 4 is 40.4 Å². The zero-order valence-corrected chi connectivity index (χ0v) is 17.7. The van der Waals surface area contributed by atoms with E-state index in [4.69, 9.17) is 22.1 Å². The van der Waals surface area contributed by atoms with Crippen LogP contribution in [0.5, 0.6) is 0 Å². The Morgan fingerprint density at radius 2 is 2.11 bits per heavy atom. The molecule has 8 nitrogen and oxygen atoms in total. The summed E-state index contributed by atoms with van der Waals surface area (Å²) in [6, 6.07) is 3.64. The van der Waals surface area contributed by atoms with Crippen LogP contribution in [-0.4, -0.2) is 35.7 Å². The third-order valence-corrected chi connectivity index (χ3v) is 5.36. The summed E-state index contributed by atoms with van der Waals surface area (Å²) in [5.41, 5.74) is 4.85. The molecule has 0 fully saturated rings. The monoisotopic (exact) mass is 428 g/mol. The van der Waals surface area contributed by atoms with Gasteiger partial charge in [0.15, 0.2) is 5.69 Å². The second-order valence-electron chi connectivity index (χ2n) is 6.74. The number of nitrogens with two attached hydrogens (primary N) is 1. The molecule has 0 unspecified atom stereocenters. The van der Waals surface area contributed by atoms with Gasteiger partial charge in [0.2, 0.25) is 5.91 Å². The summed E-state index contributed by atoms with van der Waals surface area (Å²) in [4.78, 5) is 42.1. The van der Waals surface area contributed by atoms with Crippen LogP contribution in [0.3, 0.4) is 0 Å². The Labute approximate surface area is 171 Å². The maximum atomic E-state index is 12.9. The molecule has 0 aromatic carbocycles. The lowest BCUT2D eigenvalue weighted by molar-refractivity contribution is -0.118. The lowest BCUT2D eigenvalue weighted by atomic mass is 10.2. The Bertz CT molecular complexity index is 934. The summed E-state index contributed by atoms with van der Waals surface area (Å²) in [6.45, 7) is 4.55. The minimum absolute atomic E-state index is 0.0217. The fourth-order valence-corrected chi connectivity index (χ4v) is 3.87. The first kappa shape index (κ1) is 22.2. The fraction of sp³-hybridized carbons (Fsp3) is 0.500. The summed E-state index contributed by atoms with van der Waals surface area (Å²) in [5, 5.41) is 0. The van der Waals surface area contributed by atoms with Crippen LogP contribution in [0.1, 0.15) is 25.1 Å². The van der Waals surface area contributed by atoms with Gasteiger partial charge in [0.25, 0.3) is 5.56 Å². The number of aryl methyl sites for hydroxylation is 1. The molecule has 154 valence electrons. The summed E-state index contributed by atoms with van der Waals surface area (Å²) in [6.07, 6.45) is 0.659. The van der Waals surface area contributed by atoms with Crippen molar-refractivity contribution in [3.8, 4) is 0 Å². The maximum Gasteiger partial charge on any atom is 0.330 e. The van der Waals surface area contributed by atoms with E-state index in [2.05, 4.69) is 4.98 Å². The van der Waals surface area contributed by atoms with Crippen molar-refractivity contribution < 1.29 is 9.53 Å². The van der Waals surface area contributed by atoms with Gasteiger partial charge in [-0.2, -0.15) is 0 Å². The Morgan fingerprint density at radius 3 is 2.68 bits per heavy atom. The summed E-state index contributed by atoms with van der Waals surface area (Å²) < 4.78 is 7.02. The number of hydrogen-bond donors (Lipinski definition) is 2. The summed E-state index contributed by atoms with van der Waals surface area (Å²) in [7, 11) is 1.50. The number of anilines is 2. The van der Waals surface area contributed by atoms with E-state index < -0.39 is 11.2 Å². The highest BCUT2D eigenvalue weighted by Crippen LogP contribution is 2.24. The number of nitrogens with zero attached hydrogens (tertiary/aromatic N) is 2. The molecule has 2 aromatic rings. The molecule has 0 atom stereocenters. The highest BCUT2D eigenvalue weighted by atomic mass is 35.5. The molecule has 0 aliphatic carbocycles. The van der Waals surface area contributed by atoms with Gasteiger partial charge in [0, 0.05) is 31.5 Å². The Kier molecular flexibility index (Phi) is 7.85. The number of H-pyrrole nitrogens is 1. The van der Waals surface area contributed by atoms with E-state index >= 15 is 0 Å². The number of ether oxygens (including phenoxy) is 1. The highest BCUT2D eigenvalue weighted by Gasteiger charge is 2.24. The van der Waals surface area contributed by atoms with Crippen LogP contribution in [0, 0.1) is 5.92 Å². The minimum atomic E-state index is -0.689. The number of carbonyl (C=O) groups excluding carboxylic acids is 1. The van der Waals surface area contributed by atoms with Crippen LogP contribution in [0.2, 0.25) is 4.34 Å². The van der Waals surface area contributed by atoms with Crippen molar-refractivity contribution in [1.82, 2.24) is 9.55 Å². The minimum Gasteiger partial charge on any atom is -0.383 e. The van der Waals surface area contributed by atoms with Crippen molar-refractivity contribution in [2.45, 2.75) is 33.2 Å². The van der Waals surface area contributed by atoms with E-state index in [1.165, 1.54) is 27.9 Å². The molecule has 2 heterocycles. The highest BCUT2D eigenvalue weighted by molar-refractivity contribution is 7.16.